The lowest BCUT2D eigenvalue weighted by molar-refractivity contribution is -0.123. The molecule has 90 valence electrons. The highest BCUT2D eigenvalue weighted by Crippen LogP contribution is 2.38. The lowest BCUT2D eigenvalue weighted by Gasteiger charge is -2.30. The molecule has 0 bridgehead atoms. The quantitative estimate of drug-likeness (QED) is 0.860. The molecular formula is C15H19NO. The van der Waals surface area contributed by atoms with E-state index in [1.54, 1.807) is 0 Å². The van der Waals surface area contributed by atoms with Gasteiger partial charge in [0.15, 0.2) is 0 Å². The molecule has 1 aromatic rings. The van der Waals surface area contributed by atoms with Crippen molar-refractivity contribution < 1.29 is 4.79 Å². The Labute approximate surface area is 102 Å². The zero-order chi connectivity index (χ0) is 11.8. The molecule has 1 fully saturated rings. The molecule has 0 radical (unpaired) electrons. The molecule has 3 atom stereocenters. The average molecular weight is 229 g/mol. The second-order valence-corrected chi connectivity index (χ2v) is 5.51. The summed E-state index contributed by atoms with van der Waals surface area (Å²) in [5.41, 5.74) is 2.84. The van der Waals surface area contributed by atoms with E-state index in [2.05, 4.69) is 36.5 Å². The number of rotatable bonds is 3. The Morgan fingerprint density at radius 1 is 1.35 bits per heavy atom. The summed E-state index contributed by atoms with van der Waals surface area (Å²) in [4.78, 5) is 12.2. The first-order valence-corrected chi connectivity index (χ1v) is 6.57. The van der Waals surface area contributed by atoms with Crippen LogP contribution in [0.5, 0.6) is 0 Å². The van der Waals surface area contributed by atoms with E-state index in [1.165, 1.54) is 11.1 Å². The summed E-state index contributed by atoms with van der Waals surface area (Å²) in [5.74, 6) is 1.72. The third-order valence-corrected chi connectivity index (χ3v) is 4.34. The van der Waals surface area contributed by atoms with E-state index in [1.807, 2.05) is 0 Å². The van der Waals surface area contributed by atoms with Crippen molar-refractivity contribution in [3.05, 3.63) is 35.4 Å². The fraction of sp³-hybridized carbons (Fsp3) is 0.533. The number of hydrogen-bond donors (Lipinski definition) is 1. The van der Waals surface area contributed by atoms with Crippen molar-refractivity contribution in [2.75, 3.05) is 13.1 Å². The van der Waals surface area contributed by atoms with Crippen LogP contribution in [0.2, 0.25) is 0 Å². The Kier molecular flexibility index (Phi) is 2.75. The molecule has 3 rings (SSSR count). The molecule has 0 aromatic heterocycles. The number of ketones is 1. The van der Waals surface area contributed by atoms with Crippen LogP contribution in [-0.4, -0.2) is 18.9 Å². The summed E-state index contributed by atoms with van der Waals surface area (Å²) in [6, 6.07) is 8.51. The third-order valence-electron chi connectivity index (χ3n) is 4.34. The second kappa shape index (κ2) is 4.26. The fourth-order valence-electron chi connectivity index (χ4n) is 3.18. The van der Waals surface area contributed by atoms with Crippen LogP contribution in [0.3, 0.4) is 0 Å². The van der Waals surface area contributed by atoms with Crippen LogP contribution in [-0.2, 0) is 11.2 Å². The Balaban J connectivity index is 1.64. The van der Waals surface area contributed by atoms with E-state index in [4.69, 9.17) is 0 Å². The van der Waals surface area contributed by atoms with Crippen molar-refractivity contribution in [2.24, 2.45) is 11.8 Å². The van der Waals surface area contributed by atoms with Gasteiger partial charge in [-0.25, -0.2) is 0 Å². The van der Waals surface area contributed by atoms with E-state index in [-0.39, 0.29) is 5.92 Å². The van der Waals surface area contributed by atoms with E-state index >= 15 is 0 Å². The van der Waals surface area contributed by atoms with Crippen LogP contribution in [0, 0.1) is 11.8 Å². The van der Waals surface area contributed by atoms with Gasteiger partial charge in [0.2, 0.25) is 0 Å². The molecule has 1 N–H and O–H groups in total. The topological polar surface area (TPSA) is 29.1 Å². The monoisotopic (exact) mass is 229 g/mol. The minimum Gasteiger partial charge on any atom is -0.316 e. The van der Waals surface area contributed by atoms with Crippen molar-refractivity contribution in [3.63, 3.8) is 0 Å². The van der Waals surface area contributed by atoms with E-state index in [0.717, 1.165) is 25.9 Å². The number of benzene rings is 1. The number of carbonyl (C=O) groups excluding carboxylic acids is 1. The van der Waals surface area contributed by atoms with Gasteiger partial charge in [0, 0.05) is 18.9 Å². The first-order chi connectivity index (χ1) is 8.25. The summed E-state index contributed by atoms with van der Waals surface area (Å²) in [6.45, 7) is 4.06. The van der Waals surface area contributed by atoms with Crippen molar-refractivity contribution >= 4 is 5.78 Å². The van der Waals surface area contributed by atoms with Crippen LogP contribution in [0.25, 0.3) is 0 Å². The Morgan fingerprint density at radius 2 is 2.18 bits per heavy atom. The van der Waals surface area contributed by atoms with Crippen LogP contribution in [0.15, 0.2) is 24.3 Å². The van der Waals surface area contributed by atoms with Gasteiger partial charge >= 0.3 is 0 Å². The SMILES string of the molecule is CC1CNCC1C(=O)CC1Cc2ccccc21. The summed E-state index contributed by atoms with van der Waals surface area (Å²) in [7, 11) is 0. The second-order valence-electron chi connectivity index (χ2n) is 5.51. The van der Waals surface area contributed by atoms with Crippen LogP contribution >= 0.6 is 0 Å². The third kappa shape index (κ3) is 1.91. The smallest absolute Gasteiger partial charge is 0.138 e. The first-order valence-electron chi connectivity index (χ1n) is 6.57. The van der Waals surface area contributed by atoms with Gasteiger partial charge in [0.05, 0.1) is 0 Å². The molecule has 2 heteroatoms. The Hall–Kier alpha value is -1.15. The van der Waals surface area contributed by atoms with Crippen LogP contribution < -0.4 is 5.32 Å². The molecule has 2 nitrogen and oxygen atoms in total. The van der Waals surface area contributed by atoms with E-state index < -0.39 is 0 Å². The highest BCUT2D eigenvalue weighted by atomic mass is 16.1. The van der Waals surface area contributed by atoms with Gasteiger partial charge in [-0.2, -0.15) is 0 Å². The number of hydrogen-bond acceptors (Lipinski definition) is 2. The van der Waals surface area contributed by atoms with Gasteiger partial charge in [-0.05, 0) is 35.9 Å². The summed E-state index contributed by atoms with van der Waals surface area (Å²) >= 11 is 0. The molecule has 1 saturated heterocycles. The van der Waals surface area contributed by atoms with Crippen molar-refractivity contribution in [2.45, 2.75) is 25.7 Å². The van der Waals surface area contributed by atoms with Gasteiger partial charge in [-0.1, -0.05) is 31.2 Å². The average Bonchev–Trinajstić information content (AvgIpc) is 2.72. The lowest BCUT2D eigenvalue weighted by Crippen LogP contribution is -2.27. The van der Waals surface area contributed by atoms with Crippen LogP contribution in [0.4, 0.5) is 0 Å². The number of carbonyl (C=O) groups is 1. The van der Waals surface area contributed by atoms with Crippen molar-refractivity contribution in [1.82, 2.24) is 5.32 Å². The predicted octanol–water partition coefficient (Wildman–Crippen LogP) is 2.14. The highest BCUT2D eigenvalue weighted by molar-refractivity contribution is 5.83. The van der Waals surface area contributed by atoms with Gasteiger partial charge in [0.25, 0.3) is 0 Å². The largest absolute Gasteiger partial charge is 0.316 e. The zero-order valence-electron chi connectivity index (χ0n) is 10.3. The van der Waals surface area contributed by atoms with Gasteiger partial charge in [-0.3, -0.25) is 4.79 Å². The molecule has 17 heavy (non-hydrogen) atoms. The lowest BCUT2D eigenvalue weighted by atomic mass is 9.73. The molecule has 1 aliphatic heterocycles. The molecule has 1 aliphatic carbocycles. The van der Waals surface area contributed by atoms with E-state index in [9.17, 15) is 4.79 Å². The maximum atomic E-state index is 12.2. The predicted molar refractivity (Wildman–Crippen MR) is 68.0 cm³/mol. The molecule has 2 aliphatic rings. The molecular weight excluding hydrogens is 210 g/mol. The standard InChI is InChI=1S/C15H19NO/c1-10-8-16-9-14(10)15(17)7-12-6-11-4-2-3-5-13(11)12/h2-5,10,12,14,16H,6-9H2,1H3. The molecule has 0 spiro atoms. The summed E-state index contributed by atoms with van der Waals surface area (Å²) in [6.07, 6.45) is 1.84. The van der Waals surface area contributed by atoms with Gasteiger partial charge in [0.1, 0.15) is 5.78 Å². The maximum absolute atomic E-state index is 12.2. The number of fused-ring (bicyclic) bond motifs is 1. The first kappa shape index (κ1) is 11.0. The zero-order valence-corrected chi connectivity index (χ0v) is 10.3. The number of nitrogens with one attached hydrogen (secondary N) is 1. The summed E-state index contributed by atoms with van der Waals surface area (Å²) < 4.78 is 0. The van der Waals surface area contributed by atoms with Crippen molar-refractivity contribution in [1.29, 1.82) is 0 Å². The molecule has 1 heterocycles. The normalized spacial score (nSPS) is 30.8. The fourth-order valence-corrected chi connectivity index (χ4v) is 3.18. The van der Waals surface area contributed by atoms with Gasteiger partial charge < -0.3 is 5.32 Å². The van der Waals surface area contributed by atoms with E-state index in [0.29, 0.717) is 17.6 Å². The molecule has 3 unspecified atom stereocenters. The highest BCUT2D eigenvalue weighted by Gasteiger charge is 2.34. The minimum absolute atomic E-state index is 0.253. The summed E-state index contributed by atoms with van der Waals surface area (Å²) in [5, 5.41) is 3.31. The number of Topliss-reactive ketones (excluding diaryl/α,β-unsaturated/α-hetero) is 1. The molecule has 0 amide bonds. The minimum atomic E-state index is 0.253. The Bertz CT molecular complexity index is 440. The molecule has 1 aromatic carbocycles. The molecule has 0 saturated carbocycles. The van der Waals surface area contributed by atoms with Gasteiger partial charge in [-0.15, -0.1) is 0 Å². The maximum Gasteiger partial charge on any atom is 0.138 e. The van der Waals surface area contributed by atoms with Crippen molar-refractivity contribution in [3.8, 4) is 0 Å². The van der Waals surface area contributed by atoms with Crippen LogP contribution in [0.1, 0.15) is 30.4 Å². The Morgan fingerprint density at radius 3 is 2.88 bits per heavy atom.